The lowest BCUT2D eigenvalue weighted by atomic mass is 10.2. The summed E-state index contributed by atoms with van der Waals surface area (Å²) < 4.78 is -1.13. The van der Waals surface area contributed by atoms with E-state index >= 15 is 0 Å². The summed E-state index contributed by atoms with van der Waals surface area (Å²) >= 11 is 26.5. The van der Waals surface area contributed by atoms with Crippen LogP contribution in [0.1, 0.15) is 17.3 Å². The number of hydrogen-bond donors (Lipinski definition) is 4. The minimum absolute atomic E-state index is 0.128. The van der Waals surface area contributed by atoms with Gasteiger partial charge in [-0.1, -0.05) is 56.8 Å². The molecule has 29 heavy (non-hydrogen) atoms. The van der Waals surface area contributed by atoms with Gasteiger partial charge in [0.15, 0.2) is 5.11 Å². The Bertz CT molecular complexity index is 907. The fourth-order valence-electron chi connectivity index (χ4n) is 2.18. The van der Waals surface area contributed by atoms with E-state index in [-0.39, 0.29) is 11.0 Å². The van der Waals surface area contributed by atoms with Crippen molar-refractivity contribution >= 4 is 91.3 Å². The van der Waals surface area contributed by atoms with E-state index in [2.05, 4.69) is 37.2 Å². The van der Waals surface area contributed by atoms with Crippen LogP contribution in [-0.2, 0) is 4.79 Å². The molecule has 0 radical (unpaired) electrons. The number of thiocarbonyl (C=S) groups is 1. The molecule has 0 aliphatic heterocycles. The van der Waals surface area contributed by atoms with Gasteiger partial charge in [0.2, 0.25) is 9.70 Å². The third-order valence-corrected chi connectivity index (χ3v) is 4.80. The molecule has 1 atom stereocenters. The van der Waals surface area contributed by atoms with Crippen LogP contribution in [0.5, 0.6) is 0 Å². The molecular formula is C18H16BrCl3N4O2S. The van der Waals surface area contributed by atoms with Gasteiger partial charge in [-0.3, -0.25) is 9.59 Å². The van der Waals surface area contributed by atoms with E-state index in [1.165, 1.54) is 6.92 Å². The van der Waals surface area contributed by atoms with Crippen LogP contribution < -0.4 is 21.3 Å². The molecule has 2 amide bonds. The summed E-state index contributed by atoms with van der Waals surface area (Å²) in [5, 5.41) is 11.1. The molecule has 0 saturated carbocycles. The number of hydrogen-bond acceptors (Lipinski definition) is 3. The van der Waals surface area contributed by atoms with E-state index < -0.39 is 15.9 Å². The van der Waals surface area contributed by atoms with Gasteiger partial charge in [0.05, 0.1) is 0 Å². The number of carbonyl (C=O) groups excluding carboxylic acids is 2. The first-order chi connectivity index (χ1) is 13.5. The van der Waals surface area contributed by atoms with Crippen LogP contribution in [0.15, 0.2) is 53.0 Å². The number of halogens is 4. The van der Waals surface area contributed by atoms with Crippen LogP contribution in [0.3, 0.4) is 0 Å². The first-order valence-electron chi connectivity index (χ1n) is 8.13. The van der Waals surface area contributed by atoms with E-state index in [4.69, 9.17) is 47.0 Å². The quantitative estimate of drug-likeness (QED) is 0.249. The number of benzene rings is 2. The molecule has 4 N–H and O–H groups in total. The monoisotopic (exact) mass is 536 g/mol. The Kier molecular flexibility index (Phi) is 8.54. The second-order valence-corrected chi connectivity index (χ2v) is 9.51. The van der Waals surface area contributed by atoms with Gasteiger partial charge in [-0.25, -0.2) is 0 Å². The fourth-order valence-corrected chi connectivity index (χ4v) is 3.14. The topological polar surface area (TPSA) is 82.3 Å². The van der Waals surface area contributed by atoms with Gasteiger partial charge in [0.25, 0.3) is 5.91 Å². The molecule has 0 aliphatic carbocycles. The van der Waals surface area contributed by atoms with Gasteiger partial charge in [-0.05, 0) is 54.7 Å². The highest BCUT2D eigenvalue weighted by Gasteiger charge is 2.34. The SMILES string of the molecule is CC(=O)Nc1ccc(NC(=S)N[C@H](NC(=O)c2cccc(Br)c2)C(Cl)(Cl)Cl)cc1. The third-order valence-electron chi connectivity index (χ3n) is 3.43. The highest BCUT2D eigenvalue weighted by molar-refractivity contribution is 9.10. The zero-order valence-corrected chi connectivity index (χ0v) is 19.6. The molecule has 11 heteroatoms. The van der Waals surface area contributed by atoms with Gasteiger partial charge < -0.3 is 21.3 Å². The maximum absolute atomic E-state index is 12.5. The fraction of sp³-hybridized carbons (Fsp3) is 0.167. The van der Waals surface area contributed by atoms with Crippen LogP contribution >= 0.6 is 63.0 Å². The van der Waals surface area contributed by atoms with Gasteiger partial charge in [0.1, 0.15) is 6.17 Å². The molecule has 2 aromatic carbocycles. The molecule has 0 fully saturated rings. The first-order valence-corrected chi connectivity index (χ1v) is 10.5. The van der Waals surface area contributed by atoms with Gasteiger partial charge >= 0.3 is 0 Å². The third kappa shape index (κ3) is 7.98. The van der Waals surface area contributed by atoms with Crippen molar-refractivity contribution in [3.63, 3.8) is 0 Å². The van der Waals surface area contributed by atoms with Crippen molar-refractivity contribution < 1.29 is 9.59 Å². The largest absolute Gasteiger partial charge is 0.339 e. The highest BCUT2D eigenvalue weighted by atomic mass is 79.9. The molecular weight excluding hydrogens is 523 g/mol. The molecule has 6 nitrogen and oxygen atoms in total. The Morgan fingerprint density at radius 2 is 1.59 bits per heavy atom. The Hall–Kier alpha value is -1.58. The van der Waals surface area contributed by atoms with Gasteiger partial charge in [-0.2, -0.15) is 0 Å². The summed E-state index contributed by atoms with van der Waals surface area (Å²) in [6.07, 6.45) is -1.10. The number of rotatable bonds is 5. The zero-order valence-electron chi connectivity index (χ0n) is 14.9. The van der Waals surface area contributed by atoms with E-state index in [1.807, 2.05) is 0 Å². The lowest BCUT2D eigenvalue weighted by molar-refractivity contribution is -0.114. The Labute approximate surface area is 196 Å². The average Bonchev–Trinajstić information content (AvgIpc) is 2.61. The van der Waals surface area contributed by atoms with E-state index in [9.17, 15) is 9.59 Å². The minimum atomic E-state index is -1.87. The Morgan fingerprint density at radius 3 is 2.10 bits per heavy atom. The van der Waals surface area contributed by atoms with E-state index in [1.54, 1.807) is 48.5 Å². The van der Waals surface area contributed by atoms with E-state index in [0.717, 1.165) is 4.47 Å². The number of nitrogens with one attached hydrogen (secondary N) is 4. The second-order valence-electron chi connectivity index (χ2n) is 5.82. The zero-order chi connectivity index (χ0) is 21.6. The smallest absolute Gasteiger partial charge is 0.253 e. The molecule has 0 aromatic heterocycles. The molecule has 154 valence electrons. The Balaban J connectivity index is 2.03. The standard InChI is InChI=1S/C18H16BrCl3N4O2S/c1-10(27)23-13-5-7-14(8-6-13)24-17(29)26-16(18(20,21)22)25-15(28)11-3-2-4-12(19)9-11/h2-9,16H,1H3,(H,23,27)(H,25,28)(H2,24,26,29)/t16-/m0/s1. The van der Waals surface area contributed by atoms with E-state index in [0.29, 0.717) is 16.9 Å². The van der Waals surface area contributed by atoms with Crippen molar-refractivity contribution in [2.75, 3.05) is 10.6 Å². The van der Waals surface area contributed by atoms with Gasteiger partial charge in [0, 0.05) is 28.3 Å². The number of amides is 2. The normalized spacial score (nSPS) is 11.9. The van der Waals surface area contributed by atoms with Crippen LogP contribution in [-0.4, -0.2) is 26.9 Å². The summed E-state index contributed by atoms with van der Waals surface area (Å²) in [6.45, 7) is 1.42. The van der Waals surface area contributed by atoms with Crippen LogP contribution in [0.25, 0.3) is 0 Å². The molecule has 0 spiro atoms. The van der Waals surface area contributed by atoms with Gasteiger partial charge in [-0.15, -0.1) is 0 Å². The summed E-state index contributed by atoms with van der Waals surface area (Å²) in [6, 6.07) is 13.6. The number of anilines is 2. The predicted molar refractivity (Wildman–Crippen MR) is 126 cm³/mol. The van der Waals surface area contributed by atoms with Crippen molar-refractivity contribution in [3.05, 3.63) is 58.6 Å². The summed E-state index contributed by atoms with van der Waals surface area (Å²) in [5.74, 6) is -0.618. The Morgan fingerprint density at radius 1 is 1.00 bits per heavy atom. The highest BCUT2D eigenvalue weighted by Crippen LogP contribution is 2.29. The molecule has 0 aliphatic rings. The van der Waals surface area contributed by atoms with Crippen molar-refractivity contribution in [2.45, 2.75) is 16.9 Å². The molecule has 0 unspecified atom stereocenters. The molecule has 0 bridgehead atoms. The molecule has 2 aromatic rings. The number of alkyl halides is 3. The molecule has 0 heterocycles. The first kappa shape index (κ1) is 23.7. The summed E-state index contributed by atoms with van der Waals surface area (Å²) in [7, 11) is 0. The predicted octanol–water partition coefficient (Wildman–Crippen LogP) is 4.82. The molecule has 2 rings (SSSR count). The van der Waals surface area contributed by atoms with Crippen LogP contribution in [0.4, 0.5) is 11.4 Å². The van der Waals surface area contributed by atoms with Crippen molar-refractivity contribution in [1.29, 1.82) is 0 Å². The minimum Gasteiger partial charge on any atom is -0.339 e. The number of carbonyl (C=O) groups is 2. The summed E-state index contributed by atoms with van der Waals surface area (Å²) in [4.78, 5) is 23.5. The summed E-state index contributed by atoms with van der Waals surface area (Å²) in [5.41, 5.74) is 1.66. The lowest BCUT2D eigenvalue weighted by Crippen LogP contribution is -2.56. The van der Waals surface area contributed by atoms with Crippen molar-refractivity contribution in [1.82, 2.24) is 10.6 Å². The lowest BCUT2D eigenvalue weighted by Gasteiger charge is -2.27. The van der Waals surface area contributed by atoms with Crippen molar-refractivity contribution in [2.24, 2.45) is 0 Å². The van der Waals surface area contributed by atoms with Crippen LogP contribution in [0.2, 0.25) is 0 Å². The van der Waals surface area contributed by atoms with Crippen LogP contribution in [0, 0.1) is 0 Å². The maximum atomic E-state index is 12.5. The maximum Gasteiger partial charge on any atom is 0.253 e. The average molecular weight is 539 g/mol. The molecule has 0 saturated heterocycles. The second kappa shape index (κ2) is 10.4. The van der Waals surface area contributed by atoms with Crippen molar-refractivity contribution in [3.8, 4) is 0 Å².